The molecule has 0 aromatic carbocycles. The van der Waals surface area contributed by atoms with Gasteiger partial charge in [0.1, 0.15) is 0 Å². The first-order valence-electron chi connectivity index (χ1n) is 5.04. The van der Waals surface area contributed by atoms with Gasteiger partial charge >= 0.3 is 0 Å². The fraction of sp³-hybridized carbons (Fsp3) is 0.818. The van der Waals surface area contributed by atoms with Crippen molar-refractivity contribution < 1.29 is 4.74 Å². The summed E-state index contributed by atoms with van der Waals surface area (Å²) in [5.74, 6) is 2.74. The predicted octanol–water partition coefficient (Wildman–Crippen LogP) is 1.80. The quantitative estimate of drug-likeness (QED) is 0.608. The van der Waals surface area contributed by atoms with Crippen LogP contribution < -0.4 is 5.32 Å². The Kier molecular flexibility index (Phi) is 7.77. The molecule has 0 fully saturated rings. The SMILES string of the molecule is C#CC(CCC)NC(C)COCC. The zero-order chi connectivity index (χ0) is 10.1. The Morgan fingerprint density at radius 1 is 1.46 bits per heavy atom. The van der Waals surface area contributed by atoms with Crippen LogP contribution in [0.25, 0.3) is 0 Å². The zero-order valence-corrected chi connectivity index (χ0v) is 8.97. The number of terminal acetylenes is 1. The van der Waals surface area contributed by atoms with E-state index in [1.54, 1.807) is 0 Å². The minimum atomic E-state index is 0.195. The van der Waals surface area contributed by atoms with Gasteiger partial charge in [-0.15, -0.1) is 6.42 Å². The van der Waals surface area contributed by atoms with Gasteiger partial charge in [0.25, 0.3) is 0 Å². The van der Waals surface area contributed by atoms with Crippen molar-refractivity contribution >= 4 is 0 Å². The lowest BCUT2D eigenvalue weighted by atomic mass is 10.1. The molecule has 0 aliphatic carbocycles. The van der Waals surface area contributed by atoms with Crippen molar-refractivity contribution in [2.24, 2.45) is 0 Å². The van der Waals surface area contributed by atoms with Crippen LogP contribution in [0.2, 0.25) is 0 Å². The largest absolute Gasteiger partial charge is 0.380 e. The van der Waals surface area contributed by atoms with Gasteiger partial charge in [-0.3, -0.25) is 5.32 Å². The molecule has 0 amide bonds. The topological polar surface area (TPSA) is 21.3 Å². The van der Waals surface area contributed by atoms with Gasteiger partial charge in [0.15, 0.2) is 0 Å². The third-order valence-electron chi connectivity index (χ3n) is 1.84. The molecule has 0 saturated heterocycles. The van der Waals surface area contributed by atoms with Crippen molar-refractivity contribution in [3.05, 3.63) is 0 Å². The van der Waals surface area contributed by atoms with Crippen LogP contribution in [0.5, 0.6) is 0 Å². The minimum Gasteiger partial charge on any atom is -0.380 e. The molecule has 1 N–H and O–H groups in total. The molecule has 2 nitrogen and oxygen atoms in total. The van der Waals surface area contributed by atoms with Gasteiger partial charge in [0.2, 0.25) is 0 Å². The molecule has 0 heterocycles. The molecule has 76 valence electrons. The van der Waals surface area contributed by atoms with E-state index in [-0.39, 0.29) is 6.04 Å². The monoisotopic (exact) mass is 183 g/mol. The molecule has 0 saturated carbocycles. The molecule has 0 aromatic rings. The highest BCUT2D eigenvalue weighted by molar-refractivity contribution is 4.99. The van der Waals surface area contributed by atoms with E-state index < -0.39 is 0 Å². The second-order valence-corrected chi connectivity index (χ2v) is 3.24. The van der Waals surface area contributed by atoms with Crippen LogP contribution in [0.3, 0.4) is 0 Å². The predicted molar refractivity (Wildman–Crippen MR) is 56.6 cm³/mol. The van der Waals surface area contributed by atoms with Gasteiger partial charge in [-0.25, -0.2) is 0 Å². The molecule has 0 bridgehead atoms. The van der Waals surface area contributed by atoms with Gasteiger partial charge < -0.3 is 4.74 Å². The third kappa shape index (κ3) is 6.62. The lowest BCUT2D eigenvalue weighted by Crippen LogP contribution is -2.38. The molecular weight excluding hydrogens is 162 g/mol. The third-order valence-corrected chi connectivity index (χ3v) is 1.84. The van der Waals surface area contributed by atoms with Crippen molar-refractivity contribution in [2.75, 3.05) is 13.2 Å². The summed E-state index contributed by atoms with van der Waals surface area (Å²) in [4.78, 5) is 0. The maximum Gasteiger partial charge on any atom is 0.0689 e. The summed E-state index contributed by atoms with van der Waals surface area (Å²) in [6, 6.07) is 0.535. The van der Waals surface area contributed by atoms with Crippen molar-refractivity contribution in [1.82, 2.24) is 5.32 Å². The standard InChI is InChI=1S/C11H21NO/c1-5-8-11(6-2)12-10(4)9-13-7-3/h2,10-12H,5,7-9H2,1,3-4H3. The molecule has 2 heteroatoms. The lowest BCUT2D eigenvalue weighted by molar-refractivity contribution is 0.125. The smallest absolute Gasteiger partial charge is 0.0689 e. The van der Waals surface area contributed by atoms with Crippen LogP contribution in [0.4, 0.5) is 0 Å². The maximum atomic E-state index is 5.38. The second-order valence-electron chi connectivity index (χ2n) is 3.24. The van der Waals surface area contributed by atoms with Crippen molar-refractivity contribution in [1.29, 1.82) is 0 Å². The van der Waals surface area contributed by atoms with E-state index in [1.165, 1.54) is 0 Å². The molecule has 13 heavy (non-hydrogen) atoms. The Balaban J connectivity index is 3.61. The van der Waals surface area contributed by atoms with E-state index >= 15 is 0 Å². The highest BCUT2D eigenvalue weighted by Crippen LogP contribution is 1.97. The van der Waals surface area contributed by atoms with E-state index in [0.717, 1.165) is 26.1 Å². The van der Waals surface area contributed by atoms with Gasteiger partial charge in [-0.2, -0.15) is 0 Å². The molecule has 0 aliphatic heterocycles. The second kappa shape index (κ2) is 8.10. The summed E-state index contributed by atoms with van der Waals surface area (Å²) in [7, 11) is 0. The van der Waals surface area contributed by atoms with Crippen molar-refractivity contribution in [3.8, 4) is 12.3 Å². The molecule has 0 spiro atoms. The molecule has 0 radical (unpaired) electrons. The summed E-state index contributed by atoms with van der Waals surface area (Å²) in [5.41, 5.74) is 0. The van der Waals surface area contributed by atoms with Crippen LogP contribution >= 0.6 is 0 Å². The molecule has 0 aromatic heterocycles. The van der Waals surface area contributed by atoms with Crippen LogP contribution in [0.15, 0.2) is 0 Å². The maximum absolute atomic E-state index is 5.38. The van der Waals surface area contributed by atoms with Crippen LogP contribution in [0, 0.1) is 12.3 Å². The summed E-state index contributed by atoms with van der Waals surface area (Å²) in [6.07, 6.45) is 7.53. The average molecular weight is 183 g/mol. The first-order valence-corrected chi connectivity index (χ1v) is 5.04. The van der Waals surface area contributed by atoms with Gasteiger partial charge in [0.05, 0.1) is 12.6 Å². The summed E-state index contributed by atoms with van der Waals surface area (Å²) in [6.45, 7) is 7.73. The highest BCUT2D eigenvalue weighted by Gasteiger charge is 2.07. The Hall–Kier alpha value is -0.520. The van der Waals surface area contributed by atoms with Crippen LogP contribution in [-0.2, 0) is 4.74 Å². The Morgan fingerprint density at radius 3 is 2.62 bits per heavy atom. The molecule has 2 atom stereocenters. The Labute approximate surface area is 82.1 Å². The first kappa shape index (κ1) is 12.5. The van der Waals surface area contributed by atoms with Crippen molar-refractivity contribution in [2.45, 2.75) is 45.7 Å². The van der Waals surface area contributed by atoms with Gasteiger partial charge in [-0.1, -0.05) is 19.3 Å². The molecule has 0 rings (SSSR count). The Morgan fingerprint density at radius 2 is 2.15 bits per heavy atom. The number of ether oxygens (including phenoxy) is 1. The fourth-order valence-electron chi connectivity index (χ4n) is 1.19. The summed E-state index contributed by atoms with van der Waals surface area (Å²) >= 11 is 0. The van der Waals surface area contributed by atoms with Crippen molar-refractivity contribution in [3.63, 3.8) is 0 Å². The van der Waals surface area contributed by atoms with E-state index in [1.807, 2.05) is 6.92 Å². The normalized spacial score (nSPS) is 14.9. The lowest BCUT2D eigenvalue weighted by Gasteiger charge is -2.18. The van der Waals surface area contributed by atoms with Gasteiger partial charge in [-0.05, 0) is 20.3 Å². The Bertz CT molecular complexity index is 151. The molecular formula is C11H21NO. The number of hydrogen-bond acceptors (Lipinski definition) is 2. The average Bonchev–Trinajstić information content (AvgIpc) is 2.14. The minimum absolute atomic E-state index is 0.195. The first-order chi connectivity index (χ1) is 6.24. The molecule has 2 unspecified atom stereocenters. The van der Waals surface area contributed by atoms with Gasteiger partial charge in [0, 0.05) is 12.6 Å². The van der Waals surface area contributed by atoms with E-state index in [2.05, 4.69) is 25.1 Å². The fourth-order valence-corrected chi connectivity index (χ4v) is 1.19. The highest BCUT2D eigenvalue weighted by atomic mass is 16.5. The van der Waals surface area contributed by atoms with E-state index in [4.69, 9.17) is 11.2 Å². The molecule has 0 aliphatic rings. The van der Waals surface area contributed by atoms with Crippen LogP contribution in [0.1, 0.15) is 33.6 Å². The summed E-state index contributed by atoms with van der Waals surface area (Å²) < 4.78 is 5.29. The zero-order valence-electron chi connectivity index (χ0n) is 8.97. The number of rotatable bonds is 7. The van der Waals surface area contributed by atoms with E-state index in [9.17, 15) is 0 Å². The number of nitrogens with one attached hydrogen (secondary N) is 1. The summed E-state index contributed by atoms with van der Waals surface area (Å²) in [5, 5.41) is 3.34. The van der Waals surface area contributed by atoms with E-state index in [0.29, 0.717) is 6.04 Å². The number of hydrogen-bond donors (Lipinski definition) is 1. The van der Waals surface area contributed by atoms with Crippen LogP contribution in [-0.4, -0.2) is 25.3 Å².